The fraction of sp³-hybridized carbons (Fsp3) is 0.250. The third-order valence-corrected chi connectivity index (χ3v) is 4.77. The molecule has 1 aliphatic rings. The molecule has 0 radical (unpaired) electrons. The third-order valence-electron chi connectivity index (χ3n) is 4.54. The van der Waals surface area contributed by atoms with Gasteiger partial charge in [0, 0.05) is 5.02 Å². The summed E-state index contributed by atoms with van der Waals surface area (Å²) in [6, 6.07) is 10.8. The maximum atomic E-state index is 13.1. The average Bonchev–Trinajstić information content (AvgIpc) is 2.62. The summed E-state index contributed by atoms with van der Waals surface area (Å²) in [6.07, 6.45) is -1.19. The van der Waals surface area contributed by atoms with Gasteiger partial charge < -0.3 is 15.2 Å². The van der Waals surface area contributed by atoms with Crippen LogP contribution < -0.4 is 10.2 Å². The van der Waals surface area contributed by atoms with Crippen molar-refractivity contribution in [1.29, 1.82) is 0 Å². The molecule has 7 nitrogen and oxygen atoms in total. The van der Waals surface area contributed by atoms with Gasteiger partial charge in [-0.25, -0.2) is 4.79 Å². The number of hydrogen-bond acceptors (Lipinski definition) is 5. The van der Waals surface area contributed by atoms with E-state index in [1.807, 2.05) is 0 Å². The molecule has 0 fully saturated rings. The number of nitrogens with zero attached hydrogens (tertiary/aromatic N) is 1. The highest BCUT2D eigenvalue weighted by atomic mass is 35.5. The van der Waals surface area contributed by atoms with E-state index in [1.54, 1.807) is 38.1 Å². The van der Waals surface area contributed by atoms with E-state index in [0.717, 1.165) is 0 Å². The summed E-state index contributed by atoms with van der Waals surface area (Å²) in [5.41, 5.74) is -0.294. The van der Waals surface area contributed by atoms with Gasteiger partial charge in [0.2, 0.25) is 5.91 Å². The monoisotopic (exact) mass is 402 g/mol. The highest BCUT2D eigenvalue weighted by Gasteiger charge is 2.45. The standard InChI is InChI=1S/C20H19ClN2O5/c1-11(28-18(26)13-9-8-12(21)10-16(13)24)17(25)23-15-7-5-4-6-14(15)22-19(27)20(23,2)3/h4-11,24H,1-3H3,(H,22,27)/t11-/m1/s1. The van der Waals surface area contributed by atoms with Crippen molar-refractivity contribution in [3.8, 4) is 5.75 Å². The first-order valence-electron chi connectivity index (χ1n) is 8.57. The summed E-state index contributed by atoms with van der Waals surface area (Å²) in [7, 11) is 0. The van der Waals surface area contributed by atoms with Crippen LogP contribution in [0.25, 0.3) is 0 Å². The zero-order chi connectivity index (χ0) is 20.6. The molecule has 0 saturated heterocycles. The first-order chi connectivity index (χ1) is 13.1. The van der Waals surface area contributed by atoms with Gasteiger partial charge in [0.25, 0.3) is 5.91 Å². The van der Waals surface area contributed by atoms with Crippen LogP contribution in [0.4, 0.5) is 11.4 Å². The summed E-state index contributed by atoms with van der Waals surface area (Å²) in [4.78, 5) is 39.3. The number of halogens is 1. The molecule has 28 heavy (non-hydrogen) atoms. The van der Waals surface area contributed by atoms with Crippen LogP contribution in [-0.4, -0.2) is 34.5 Å². The van der Waals surface area contributed by atoms with Gasteiger partial charge in [-0.2, -0.15) is 0 Å². The van der Waals surface area contributed by atoms with E-state index in [4.69, 9.17) is 16.3 Å². The highest BCUT2D eigenvalue weighted by molar-refractivity contribution is 6.30. The largest absolute Gasteiger partial charge is 0.507 e. The van der Waals surface area contributed by atoms with E-state index in [9.17, 15) is 19.5 Å². The van der Waals surface area contributed by atoms with Crippen molar-refractivity contribution in [2.24, 2.45) is 0 Å². The Bertz CT molecular complexity index is 973. The van der Waals surface area contributed by atoms with E-state index in [1.165, 1.54) is 30.0 Å². The Labute approximate surface area is 166 Å². The number of rotatable bonds is 3. The number of hydrogen-bond donors (Lipinski definition) is 2. The van der Waals surface area contributed by atoms with Crippen molar-refractivity contribution in [1.82, 2.24) is 0 Å². The van der Waals surface area contributed by atoms with Crippen LogP contribution in [0.5, 0.6) is 5.75 Å². The lowest BCUT2D eigenvalue weighted by Gasteiger charge is -2.42. The van der Waals surface area contributed by atoms with E-state index < -0.39 is 23.5 Å². The molecule has 2 N–H and O–H groups in total. The molecular formula is C20H19ClN2O5. The maximum absolute atomic E-state index is 13.1. The summed E-state index contributed by atoms with van der Waals surface area (Å²) >= 11 is 5.76. The number of ether oxygens (including phenoxy) is 1. The van der Waals surface area contributed by atoms with Crippen LogP contribution in [0, 0.1) is 0 Å². The number of nitrogens with one attached hydrogen (secondary N) is 1. The molecule has 2 amide bonds. The lowest BCUT2D eigenvalue weighted by atomic mass is 9.95. The maximum Gasteiger partial charge on any atom is 0.342 e. The Kier molecular flexibility index (Phi) is 5.04. The molecule has 2 aromatic rings. The Morgan fingerprint density at radius 2 is 1.89 bits per heavy atom. The van der Waals surface area contributed by atoms with Gasteiger partial charge >= 0.3 is 5.97 Å². The minimum atomic E-state index is -1.19. The molecule has 0 spiro atoms. The molecule has 8 heteroatoms. The van der Waals surface area contributed by atoms with Gasteiger partial charge in [0.1, 0.15) is 16.9 Å². The number of esters is 1. The number of benzene rings is 2. The number of carbonyl (C=O) groups excluding carboxylic acids is 3. The molecule has 3 rings (SSSR count). The van der Waals surface area contributed by atoms with Crippen molar-refractivity contribution in [3.05, 3.63) is 53.1 Å². The van der Waals surface area contributed by atoms with Gasteiger partial charge in [-0.3, -0.25) is 14.5 Å². The van der Waals surface area contributed by atoms with Crippen molar-refractivity contribution < 1.29 is 24.2 Å². The van der Waals surface area contributed by atoms with Crippen molar-refractivity contribution in [2.45, 2.75) is 32.4 Å². The third kappa shape index (κ3) is 3.41. The van der Waals surface area contributed by atoms with Crippen LogP contribution >= 0.6 is 11.6 Å². The molecule has 146 valence electrons. The highest BCUT2D eigenvalue weighted by Crippen LogP contribution is 2.37. The summed E-state index contributed by atoms with van der Waals surface area (Å²) in [5.74, 6) is -2.13. The lowest BCUT2D eigenvalue weighted by Crippen LogP contribution is -2.60. The van der Waals surface area contributed by atoms with Crippen LogP contribution in [-0.2, 0) is 14.3 Å². The van der Waals surface area contributed by atoms with Crippen LogP contribution in [0.2, 0.25) is 5.02 Å². The molecule has 0 saturated carbocycles. The fourth-order valence-electron chi connectivity index (χ4n) is 2.98. The summed E-state index contributed by atoms with van der Waals surface area (Å²) < 4.78 is 5.25. The first kappa shape index (κ1) is 19.7. The molecule has 0 unspecified atom stereocenters. The van der Waals surface area contributed by atoms with Crippen LogP contribution in [0.3, 0.4) is 0 Å². The Morgan fingerprint density at radius 1 is 1.21 bits per heavy atom. The second-order valence-electron chi connectivity index (χ2n) is 6.91. The quantitative estimate of drug-likeness (QED) is 0.767. The Morgan fingerprint density at radius 3 is 2.57 bits per heavy atom. The van der Waals surface area contributed by atoms with Crippen LogP contribution in [0.15, 0.2) is 42.5 Å². The van der Waals surface area contributed by atoms with Gasteiger partial charge in [-0.1, -0.05) is 23.7 Å². The van der Waals surface area contributed by atoms with E-state index in [2.05, 4.69) is 5.32 Å². The van der Waals surface area contributed by atoms with Crippen molar-refractivity contribution in [3.63, 3.8) is 0 Å². The normalized spacial score (nSPS) is 16.0. The SMILES string of the molecule is C[C@@H](OC(=O)c1ccc(Cl)cc1O)C(=O)N1c2ccccc2NC(=O)C1(C)C. The smallest absolute Gasteiger partial charge is 0.342 e. The number of anilines is 2. The minimum absolute atomic E-state index is 0.111. The number of aromatic hydroxyl groups is 1. The molecular weight excluding hydrogens is 384 g/mol. The summed E-state index contributed by atoms with van der Waals surface area (Å²) in [6.45, 7) is 4.63. The van der Waals surface area contributed by atoms with E-state index in [0.29, 0.717) is 11.4 Å². The Balaban J connectivity index is 1.88. The number of phenolic OH excluding ortho intramolecular Hbond substituents is 1. The minimum Gasteiger partial charge on any atom is -0.507 e. The number of para-hydroxylation sites is 2. The average molecular weight is 403 g/mol. The number of carbonyl (C=O) groups is 3. The molecule has 0 bridgehead atoms. The fourth-order valence-corrected chi connectivity index (χ4v) is 3.15. The zero-order valence-electron chi connectivity index (χ0n) is 15.5. The van der Waals surface area contributed by atoms with E-state index in [-0.39, 0.29) is 22.2 Å². The Hall–Kier alpha value is -3.06. The van der Waals surface area contributed by atoms with Crippen LogP contribution in [0.1, 0.15) is 31.1 Å². The number of phenols is 1. The topological polar surface area (TPSA) is 95.9 Å². The van der Waals surface area contributed by atoms with Gasteiger partial charge in [-0.05, 0) is 51.1 Å². The molecule has 2 aromatic carbocycles. The van der Waals surface area contributed by atoms with Crippen molar-refractivity contribution in [2.75, 3.05) is 10.2 Å². The second-order valence-corrected chi connectivity index (χ2v) is 7.35. The first-order valence-corrected chi connectivity index (χ1v) is 8.94. The number of amides is 2. The number of fused-ring (bicyclic) bond motifs is 1. The summed E-state index contributed by atoms with van der Waals surface area (Å²) in [5, 5.41) is 12.9. The predicted molar refractivity (Wildman–Crippen MR) is 105 cm³/mol. The lowest BCUT2D eigenvalue weighted by molar-refractivity contribution is -0.131. The van der Waals surface area contributed by atoms with Gasteiger partial charge in [-0.15, -0.1) is 0 Å². The molecule has 1 aliphatic heterocycles. The van der Waals surface area contributed by atoms with Gasteiger partial charge in [0.05, 0.1) is 11.4 Å². The van der Waals surface area contributed by atoms with Gasteiger partial charge in [0.15, 0.2) is 6.10 Å². The van der Waals surface area contributed by atoms with E-state index >= 15 is 0 Å². The molecule has 0 aromatic heterocycles. The second kappa shape index (κ2) is 7.16. The molecule has 1 atom stereocenters. The molecule has 1 heterocycles. The molecule has 0 aliphatic carbocycles. The van der Waals surface area contributed by atoms with Crippen molar-refractivity contribution >= 4 is 40.8 Å². The zero-order valence-corrected chi connectivity index (χ0v) is 16.3. The predicted octanol–water partition coefficient (Wildman–Crippen LogP) is 3.35.